The molecule has 0 radical (unpaired) electrons. The number of imidazole rings is 1. The lowest BCUT2D eigenvalue weighted by Crippen LogP contribution is -2.37. The van der Waals surface area contributed by atoms with Gasteiger partial charge in [0.15, 0.2) is 5.75 Å². The summed E-state index contributed by atoms with van der Waals surface area (Å²) in [7, 11) is 0. The monoisotopic (exact) mass is 601 g/mol. The second kappa shape index (κ2) is 21.6. The normalized spacial score (nSPS) is 10.8. The number of unbranched alkanes of at least 4 members (excludes halogenated alkanes) is 7. The molecule has 0 aliphatic carbocycles. The van der Waals surface area contributed by atoms with Crippen LogP contribution in [0.2, 0.25) is 15.1 Å². The number of hydrogen-bond acceptors (Lipinski definition) is 4. The molecule has 0 saturated carbocycles. The molecule has 0 fully saturated rings. The topological polar surface area (TPSA) is 84.7 Å². The fourth-order valence-corrected chi connectivity index (χ4v) is 4.59. The summed E-state index contributed by atoms with van der Waals surface area (Å²) < 4.78 is 7.05. The summed E-state index contributed by atoms with van der Waals surface area (Å²) in [5, 5.41) is 9.56. The fraction of sp³-hybridized carbons (Fsp3) is 0.552. The van der Waals surface area contributed by atoms with Gasteiger partial charge in [-0.1, -0.05) is 92.9 Å². The number of carboxylic acid groups (broad SMARTS) is 1. The first-order valence-corrected chi connectivity index (χ1v) is 14.8. The molecule has 39 heavy (non-hydrogen) atoms. The van der Waals surface area contributed by atoms with Crippen LogP contribution in [0.15, 0.2) is 43.0 Å². The molecule has 2 rings (SSSR count). The number of ether oxygens (including phenoxy) is 1. The van der Waals surface area contributed by atoms with Crippen LogP contribution >= 0.6 is 34.8 Å². The minimum Gasteiger partial charge on any atom is -0.489 e. The molecule has 1 aromatic carbocycles. The van der Waals surface area contributed by atoms with Crippen LogP contribution in [-0.2, 0) is 4.79 Å². The molecule has 0 bridgehead atoms. The number of carboxylic acids is 1. The third-order valence-corrected chi connectivity index (χ3v) is 6.49. The number of nitrogens with zero attached hydrogens (tertiary/aromatic N) is 3. The quantitative estimate of drug-likeness (QED) is 0.144. The highest BCUT2D eigenvalue weighted by Gasteiger charge is 2.15. The van der Waals surface area contributed by atoms with Gasteiger partial charge in [0.1, 0.15) is 12.9 Å². The molecule has 0 saturated heterocycles. The Bertz CT molecular complexity index is 961. The van der Waals surface area contributed by atoms with Crippen molar-refractivity contribution in [3.05, 3.63) is 58.1 Å². The summed E-state index contributed by atoms with van der Waals surface area (Å²) in [4.78, 5) is 28.2. The van der Waals surface area contributed by atoms with E-state index in [0.717, 1.165) is 19.3 Å². The molecule has 1 N–H and O–H groups in total. The molecule has 0 atom stereocenters. The van der Waals surface area contributed by atoms with E-state index in [2.05, 4.69) is 24.1 Å². The third kappa shape index (κ3) is 15.8. The Kier molecular flexibility index (Phi) is 19.3. The molecule has 218 valence electrons. The average Bonchev–Trinajstić information content (AvgIpc) is 3.43. The molecule has 1 heterocycles. The van der Waals surface area contributed by atoms with Crippen LogP contribution < -0.4 is 4.74 Å². The number of amides is 1. The molecule has 1 aromatic heterocycles. The fourth-order valence-electron chi connectivity index (χ4n) is 3.66. The molecule has 10 heteroatoms. The van der Waals surface area contributed by atoms with Gasteiger partial charge in [0.2, 0.25) is 0 Å². The van der Waals surface area contributed by atoms with Crippen LogP contribution in [0.5, 0.6) is 5.75 Å². The van der Waals surface area contributed by atoms with Crippen molar-refractivity contribution < 1.29 is 19.4 Å². The molecular weight excluding hydrogens is 561 g/mol. The number of carbonyl (C=O) groups excluding carboxylic acids is 1. The zero-order valence-corrected chi connectivity index (χ0v) is 25.4. The number of hydrogen-bond donors (Lipinski definition) is 1. The van der Waals surface area contributed by atoms with E-state index in [1.54, 1.807) is 29.4 Å². The Balaban J connectivity index is 0.000000420. The highest BCUT2D eigenvalue weighted by Crippen LogP contribution is 2.35. The lowest BCUT2D eigenvalue weighted by molar-refractivity contribution is -0.137. The molecule has 0 aliphatic heterocycles. The minimum atomic E-state index is -0.668. The maximum atomic E-state index is 12.3. The predicted octanol–water partition coefficient (Wildman–Crippen LogP) is 9.15. The van der Waals surface area contributed by atoms with Crippen molar-refractivity contribution >= 4 is 46.8 Å². The summed E-state index contributed by atoms with van der Waals surface area (Å²) >= 11 is 18.0. The summed E-state index contributed by atoms with van der Waals surface area (Å²) in [6.07, 6.45) is 20.9. The molecule has 0 unspecified atom stereocenters. The first-order valence-electron chi connectivity index (χ1n) is 13.7. The van der Waals surface area contributed by atoms with Crippen molar-refractivity contribution in [1.29, 1.82) is 0 Å². The summed E-state index contributed by atoms with van der Waals surface area (Å²) in [5.74, 6) is -0.303. The van der Waals surface area contributed by atoms with Gasteiger partial charge in [-0.2, -0.15) is 0 Å². The van der Waals surface area contributed by atoms with Gasteiger partial charge in [0, 0.05) is 30.4 Å². The molecule has 1 amide bonds. The van der Waals surface area contributed by atoms with Gasteiger partial charge in [-0.3, -0.25) is 9.36 Å². The highest BCUT2D eigenvalue weighted by molar-refractivity contribution is 6.40. The lowest BCUT2D eigenvalue weighted by atomic mass is 10.1. The van der Waals surface area contributed by atoms with Crippen molar-refractivity contribution in [2.75, 3.05) is 19.7 Å². The molecule has 0 spiro atoms. The molecule has 0 aliphatic rings. The van der Waals surface area contributed by atoms with E-state index in [1.807, 2.05) is 6.92 Å². The first kappa shape index (κ1) is 34.8. The summed E-state index contributed by atoms with van der Waals surface area (Å²) in [5.41, 5.74) is 0. The Morgan fingerprint density at radius 3 is 2.18 bits per heavy atom. The van der Waals surface area contributed by atoms with Crippen LogP contribution in [0.1, 0.15) is 84.5 Å². The number of rotatable bonds is 17. The van der Waals surface area contributed by atoms with E-state index in [0.29, 0.717) is 40.3 Å². The second-order valence-electron chi connectivity index (χ2n) is 9.10. The van der Waals surface area contributed by atoms with E-state index in [1.165, 1.54) is 55.8 Å². The average molecular weight is 603 g/mol. The number of carbonyl (C=O) groups is 2. The van der Waals surface area contributed by atoms with E-state index in [9.17, 15) is 9.59 Å². The number of aliphatic carboxylic acids is 1. The van der Waals surface area contributed by atoms with Gasteiger partial charge in [-0.15, -0.1) is 0 Å². The molecule has 2 aromatic rings. The van der Waals surface area contributed by atoms with Crippen molar-refractivity contribution in [3.63, 3.8) is 0 Å². The van der Waals surface area contributed by atoms with Gasteiger partial charge in [0.25, 0.3) is 0 Å². The zero-order chi connectivity index (χ0) is 28.9. The molecular formula is C29H42Cl3N3O4. The van der Waals surface area contributed by atoms with Gasteiger partial charge < -0.3 is 14.7 Å². The standard InChI is InChI=1S/C15H16Cl3N3O2.C14H26O2/c1-2-4-20(15(22)21-5-3-19-10-21)6-7-23-14-12(17)8-11(16)9-13(14)18;1-2-3-4-5-6-7-8-9-10-11-12-13-14(15)16/h3,5,8-10H,2,4,6-7H2,1H3;5-6H,2-4,7-13H2,1H3,(H,15,16)/b;6-5+. The van der Waals surface area contributed by atoms with Crippen molar-refractivity contribution in [2.45, 2.75) is 84.5 Å². The van der Waals surface area contributed by atoms with E-state index < -0.39 is 5.97 Å². The largest absolute Gasteiger partial charge is 0.489 e. The van der Waals surface area contributed by atoms with E-state index >= 15 is 0 Å². The van der Waals surface area contributed by atoms with Crippen LogP contribution in [0.4, 0.5) is 4.79 Å². The summed E-state index contributed by atoms with van der Waals surface area (Å²) in [6.45, 7) is 5.50. The molecule has 7 nitrogen and oxygen atoms in total. The van der Waals surface area contributed by atoms with Crippen LogP contribution in [0.25, 0.3) is 0 Å². The second-order valence-corrected chi connectivity index (χ2v) is 10.4. The maximum absolute atomic E-state index is 12.3. The van der Waals surface area contributed by atoms with Crippen molar-refractivity contribution in [1.82, 2.24) is 14.5 Å². The van der Waals surface area contributed by atoms with E-state index in [4.69, 9.17) is 44.6 Å². The Labute approximate surface area is 248 Å². The Morgan fingerprint density at radius 1 is 0.949 bits per heavy atom. The van der Waals surface area contributed by atoms with Crippen molar-refractivity contribution in [3.8, 4) is 5.75 Å². The highest BCUT2D eigenvalue weighted by atomic mass is 35.5. The minimum absolute atomic E-state index is 0.152. The van der Waals surface area contributed by atoms with Gasteiger partial charge in [-0.05, 0) is 44.2 Å². The van der Waals surface area contributed by atoms with Gasteiger partial charge >= 0.3 is 12.0 Å². The Hall–Kier alpha value is -2.22. The SMILES string of the molecule is CCCC/C=C/CCCCCCCC(=O)O.CCCN(CCOc1c(Cl)cc(Cl)cc1Cl)C(=O)n1ccnc1. The number of allylic oxidation sites excluding steroid dienone is 2. The van der Waals surface area contributed by atoms with Gasteiger partial charge in [-0.25, -0.2) is 9.78 Å². The number of halogens is 3. The Morgan fingerprint density at radius 2 is 1.59 bits per heavy atom. The van der Waals surface area contributed by atoms with Crippen LogP contribution in [-0.4, -0.2) is 51.3 Å². The van der Waals surface area contributed by atoms with Crippen LogP contribution in [0.3, 0.4) is 0 Å². The predicted molar refractivity (Wildman–Crippen MR) is 160 cm³/mol. The lowest BCUT2D eigenvalue weighted by Gasteiger charge is -2.22. The zero-order valence-electron chi connectivity index (χ0n) is 23.1. The van der Waals surface area contributed by atoms with Gasteiger partial charge in [0.05, 0.1) is 16.6 Å². The van der Waals surface area contributed by atoms with Crippen LogP contribution in [0, 0.1) is 0 Å². The number of benzene rings is 1. The number of aromatic nitrogens is 2. The smallest absolute Gasteiger partial charge is 0.329 e. The van der Waals surface area contributed by atoms with Crippen molar-refractivity contribution in [2.24, 2.45) is 0 Å². The first-order chi connectivity index (χ1) is 18.8. The van der Waals surface area contributed by atoms with E-state index in [-0.39, 0.29) is 12.6 Å². The third-order valence-electron chi connectivity index (χ3n) is 5.71. The maximum Gasteiger partial charge on any atom is 0.329 e. The summed E-state index contributed by atoms with van der Waals surface area (Å²) in [6, 6.07) is 2.97.